The third-order valence-electron chi connectivity index (χ3n) is 3.44. The molecule has 6 heteroatoms. The zero-order chi connectivity index (χ0) is 17.6. The summed E-state index contributed by atoms with van der Waals surface area (Å²) in [7, 11) is 3.94. The third kappa shape index (κ3) is 6.23. The molecule has 0 aliphatic carbocycles. The Morgan fingerprint density at radius 3 is 2.17 bits per heavy atom. The first-order valence-electron chi connectivity index (χ1n) is 7.69. The molecule has 0 spiro atoms. The van der Waals surface area contributed by atoms with E-state index in [9.17, 15) is 9.59 Å². The Balaban J connectivity index is 2.60. The number of nitrogens with zero attached hydrogens (tertiary/aromatic N) is 2. The zero-order valence-corrected chi connectivity index (χ0v) is 15.5. The lowest BCUT2D eigenvalue weighted by Gasteiger charge is -2.20. The third-order valence-corrected chi connectivity index (χ3v) is 3.80. The summed E-state index contributed by atoms with van der Waals surface area (Å²) in [5.41, 5.74) is 1.59. The number of carbonyl (C=O) groups excluding carboxylic acids is 2. The molecule has 128 valence electrons. The van der Waals surface area contributed by atoms with Gasteiger partial charge >= 0.3 is 6.03 Å². The summed E-state index contributed by atoms with van der Waals surface area (Å²) in [5, 5.41) is 2.69. The Bertz CT molecular complexity index is 536. The standard InChI is InChI=1S/C17H27N3O2S/c1-17(2,3)14-9-7-13(8-10-14)15(21)20(23)16(22)18-11-6-12-19(4)5/h7-10,23H,6,11-12H2,1-5H3,(H,18,22). The van der Waals surface area contributed by atoms with E-state index >= 15 is 0 Å². The Kier molecular flexibility index (Phi) is 7.09. The molecule has 0 bridgehead atoms. The number of imide groups is 1. The Hall–Kier alpha value is -1.53. The van der Waals surface area contributed by atoms with Gasteiger partial charge in [-0.25, -0.2) is 9.10 Å². The quantitative estimate of drug-likeness (QED) is 0.642. The number of nitrogens with one attached hydrogen (secondary N) is 1. The lowest BCUT2D eigenvalue weighted by Crippen LogP contribution is -2.38. The Morgan fingerprint density at radius 2 is 1.70 bits per heavy atom. The van der Waals surface area contributed by atoms with Gasteiger partial charge in [0.2, 0.25) is 0 Å². The van der Waals surface area contributed by atoms with Gasteiger partial charge in [0.25, 0.3) is 5.91 Å². The number of thiol groups is 1. The molecule has 1 aromatic carbocycles. The van der Waals surface area contributed by atoms with E-state index in [1.165, 1.54) is 0 Å². The first-order valence-corrected chi connectivity index (χ1v) is 8.09. The molecule has 3 amide bonds. The van der Waals surface area contributed by atoms with Crippen molar-refractivity contribution in [1.29, 1.82) is 0 Å². The summed E-state index contributed by atoms with van der Waals surface area (Å²) in [6.07, 6.45) is 0.814. The molecule has 5 nitrogen and oxygen atoms in total. The maximum atomic E-state index is 12.3. The molecule has 0 aliphatic heterocycles. The van der Waals surface area contributed by atoms with Crippen LogP contribution in [0.15, 0.2) is 24.3 Å². The number of urea groups is 1. The molecule has 1 rings (SSSR count). The molecule has 0 fully saturated rings. The van der Waals surface area contributed by atoms with E-state index in [-0.39, 0.29) is 5.41 Å². The number of carbonyl (C=O) groups is 2. The van der Waals surface area contributed by atoms with E-state index in [1.807, 2.05) is 31.1 Å². The van der Waals surface area contributed by atoms with E-state index in [1.54, 1.807) is 12.1 Å². The largest absolute Gasteiger partial charge is 0.337 e. The van der Waals surface area contributed by atoms with Crippen LogP contribution in [0, 0.1) is 0 Å². The average molecular weight is 337 g/mol. The number of hydrogen-bond acceptors (Lipinski definition) is 4. The SMILES string of the molecule is CN(C)CCCNC(=O)N(S)C(=O)c1ccc(C(C)(C)C)cc1. The second kappa shape index (κ2) is 8.36. The highest BCUT2D eigenvalue weighted by molar-refractivity contribution is 7.79. The predicted octanol–water partition coefficient (Wildman–Crippen LogP) is 2.93. The normalized spacial score (nSPS) is 11.4. The van der Waals surface area contributed by atoms with Gasteiger partial charge < -0.3 is 10.2 Å². The van der Waals surface area contributed by atoms with E-state index < -0.39 is 11.9 Å². The minimum absolute atomic E-state index is 0.0199. The van der Waals surface area contributed by atoms with E-state index in [2.05, 4.69) is 38.9 Å². The van der Waals surface area contributed by atoms with Crippen molar-refractivity contribution in [2.24, 2.45) is 0 Å². The van der Waals surface area contributed by atoms with Gasteiger partial charge in [0, 0.05) is 12.1 Å². The molecule has 0 atom stereocenters. The maximum Gasteiger partial charge on any atom is 0.334 e. The molecular weight excluding hydrogens is 310 g/mol. The molecular formula is C17H27N3O2S. The molecule has 0 saturated carbocycles. The summed E-state index contributed by atoms with van der Waals surface area (Å²) >= 11 is 4.02. The Morgan fingerprint density at radius 1 is 1.13 bits per heavy atom. The van der Waals surface area contributed by atoms with Crippen molar-refractivity contribution >= 4 is 24.8 Å². The maximum absolute atomic E-state index is 12.3. The molecule has 1 aromatic rings. The van der Waals surface area contributed by atoms with Crippen LogP contribution in [0.1, 0.15) is 43.1 Å². The van der Waals surface area contributed by atoms with Crippen LogP contribution in [0.4, 0.5) is 4.79 Å². The number of benzene rings is 1. The molecule has 0 unspecified atom stereocenters. The van der Waals surface area contributed by atoms with Crippen LogP contribution in [0.5, 0.6) is 0 Å². The minimum Gasteiger partial charge on any atom is -0.337 e. The van der Waals surface area contributed by atoms with Gasteiger partial charge in [0.1, 0.15) is 0 Å². The van der Waals surface area contributed by atoms with Crippen molar-refractivity contribution in [2.75, 3.05) is 27.2 Å². The van der Waals surface area contributed by atoms with Gasteiger partial charge in [-0.3, -0.25) is 4.79 Å². The minimum atomic E-state index is -0.503. The first kappa shape index (κ1) is 19.5. The topological polar surface area (TPSA) is 52.7 Å². The fourth-order valence-corrected chi connectivity index (χ4v) is 2.18. The van der Waals surface area contributed by atoms with E-state index in [0.29, 0.717) is 12.1 Å². The fourth-order valence-electron chi connectivity index (χ4n) is 1.99. The second-order valence-electron chi connectivity index (χ2n) is 6.83. The summed E-state index contributed by atoms with van der Waals surface area (Å²) in [5.74, 6) is -0.432. The molecule has 0 aromatic heterocycles. The summed E-state index contributed by atoms with van der Waals surface area (Å²) in [6.45, 7) is 7.70. The zero-order valence-electron chi connectivity index (χ0n) is 14.6. The highest BCUT2D eigenvalue weighted by Crippen LogP contribution is 2.22. The van der Waals surface area contributed by atoms with Crippen LogP contribution < -0.4 is 5.32 Å². The monoisotopic (exact) mass is 337 g/mol. The highest BCUT2D eigenvalue weighted by Gasteiger charge is 2.20. The van der Waals surface area contributed by atoms with Crippen molar-refractivity contribution in [3.05, 3.63) is 35.4 Å². The fraction of sp³-hybridized carbons (Fsp3) is 0.529. The summed E-state index contributed by atoms with van der Waals surface area (Å²) < 4.78 is 0.821. The van der Waals surface area contributed by atoms with Gasteiger partial charge in [0.15, 0.2) is 0 Å². The number of rotatable bonds is 5. The molecule has 23 heavy (non-hydrogen) atoms. The smallest absolute Gasteiger partial charge is 0.334 e. The van der Waals surface area contributed by atoms with Crippen LogP contribution in [0.2, 0.25) is 0 Å². The van der Waals surface area contributed by atoms with Gasteiger partial charge in [-0.2, -0.15) is 0 Å². The van der Waals surface area contributed by atoms with E-state index in [4.69, 9.17) is 0 Å². The van der Waals surface area contributed by atoms with Crippen LogP contribution in [0.3, 0.4) is 0 Å². The van der Waals surface area contributed by atoms with Crippen LogP contribution in [0.25, 0.3) is 0 Å². The lowest BCUT2D eigenvalue weighted by atomic mass is 9.87. The van der Waals surface area contributed by atoms with Crippen molar-refractivity contribution in [1.82, 2.24) is 14.5 Å². The molecule has 0 heterocycles. The van der Waals surface area contributed by atoms with Gasteiger partial charge in [-0.1, -0.05) is 45.7 Å². The molecule has 0 saturated heterocycles. The first-order chi connectivity index (χ1) is 10.6. The summed E-state index contributed by atoms with van der Waals surface area (Å²) in [4.78, 5) is 26.2. The number of hydrogen-bond donors (Lipinski definition) is 2. The van der Waals surface area contributed by atoms with Gasteiger partial charge in [0.05, 0.1) is 0 Å². The number of amides is 3. The highest BCUT2D eigenvalue weighted by atomic mass is 32.1. The molecule has 1 N–H and O–H groups in total. The summed E-state index contributed by atoms with van der Waals surface area (Å²) in [6, 6.07) is 6.77. The van der Waals surface area contributed by atoms with E-state index in [0.717, 1.165) is 22.8 Å². The van der Waals surface area contributed by atoms with Crippen LogP contribution >= 0.6 is 12.8 Å². The predicted molar refractivity (Wildman–Crippen MR) is 96.9 cm³/mol. The molecule has 0 aliphatic rings. The lowest BCUT2D eigenvalue weighted by molar-refractivity contribution is 0.0895. The van der Waals surface area contributed by atoms with Crippen molar-refractivity contribution in [2.45, 2.75) is 32.6 Å². The van der Waals surface area contributed by atoms with Crippen molar-refractivity contribution in [3.63, 3.8) is 0 Å². The second-order valence-corrected chi connectivity index (χ2v) is 7.23. The van der Waals surface area contributed by atoms with Gasteiger partial charge in [-0.15, -0.1) is 0 Å². The van der Waals surface area contributed by atoms with Crippen LogP contribution in [-0.4, -0.2) is 48.3 Å². The average Bonchev–Trinajstić information content (AvgIpc) is 2.49. The Labute approximate surface area is 144 Å². The van der Waals surface area contributed by atoms with Crippen molar-refractivity contribution < 1.29 is 9.59 Å². The van der Waals surface area contributed by atoms with Crippen LogP contribution in [-0.2, 0) is 5.41 Å². The molecule has 0 radical (unpaired) electrons. The van der Waals surface area contributed by atoms with Gasteiger partial charge in [-0.05, 0) is 50.2 Å². The van der Waals surface area contributed by atoms with Crippen molar-refractivity contribution in [3.8, 4) is 0 Å².